The molecular weight excluding hydrogens is 322 g/mol. The molecule has 0 radical (unpaired) electrons. The molecule has 0 bridgehead atoms. The number of anilines is 1. The average molecular weight is 343 g/mol. The van der Waals surface area contributed by atoms with Gasteiger partial charge in [0.25, 0.3) is 5.91 Å². The molecule has 1 aromatic carbocycles. The van der Waals surface area contributed by atoms with Crippen molar-refractivity contribution in [1.82, 2.24) is 9.97 Å². The summed E-state index contributed by atoms with van der Waals surface area (Å²) in [5.74, 6) is 0.382. The summed E-state index contributed by atoms with van der Waals surface area (Å²) >= 11 is 0. The largest absolute Gasteiger partial charge is 0.307 e. The number of carbonyl (C=O) groups excluding carboxylic acids is 1. The van der Waals surface area contributed by atoms with Crippen molar-refractivity contribution in [3.63, 3.8) is 0 Å². The van der Waals surface area contributed by atoms with Crippen LogP contribution in [0, 0.1) is 13.8 Å². The monoisotopic (exact) mass is 343 g/mol. The number of nitrogens with zero attached hydrogens (tertiary/aromatic N) is 2. The molecule has 2 heterocycles. The van der Waals surface area contributed by atoms with Gasteiger partial charge in [-0.25, -0.2) is 4.98 Å². The Balaban J connectivity index is 1.56. The molecule has 1 N–H and O–H groups in total. The maximum absolute atomic E-state index is 12.4. The standard InChI is InChI=1S/C22H21N3O/c1-14-10-16-4-3-5-17(16)11-20(14)18-6-7-21(24-13-18)25-22(26)19-8-9-23-12-15(19)2/h6-13H,3-5H2,1-2H3,(H,24,25,26). The molecule has 0 aliphatic heterocycles. The Morgan fingerprint density at radius 2 is 1.81 bits per heavy atom. The molecule has 0 unspecified atom stereocenters. The van der Waals surface area contributed by atoms with Gasteiger partial charge in [0.05, 0.1) is 0 Å². The van der Waals surface area contributed by atoms with Crippen LogP contribution in [0.2, 0.25) is 0 Å². The van der Waals surface area contributed by atoms with Crippen LogP contribution in [-0.2, 0) is 12.8 Å². The van der Waals surface area contributed by atoms with Gasteiger partial charge in [-0.15, -0.1) is 0 Å². The predicted molar refractivity (Wildman–Crippen MR) is 103 cm³/mol. The first-order valence-corrected chi connectivity index (χ1v) is 8.92. The van der Waals surface area contributed by atoms with Crippen LogP contribution in [0.4, 0.5) is 5.82 Å². The number of fused-ring (bicyclic) bond motifs is 1. The lowest BCUT2D eigenvalue weighted by Crippen LogP contribution is -2.14. The summed E-state index contributed by atoms with van der Waals surface area (Å²) < 4.78 is 0. The van der Waals surface area contributed by atoms with E-state index >= 15 is 0 Å². The first kappa shape index (κ1) is 16.5. The minimum absolute atomic E-state index is 0.168. The Morgan fingerprint density at radius 3 is 2.54 bits per heavy atom. The molecule has 26 heavy (non-hydrogen) atoms. The molecule has 2 aromatic heterocycles. The van der Waals surface area contributed by atoms with Crippen LogP contribution in [-0.4, -0.2) is 15.9 Å². The van der Waals surface area contributed by atoms with Gasteiger partial charge in [-0.05, 0) is 79.1 Å². The number of amides is 1. The van der Waals surface area contributed by atoms with Crippen molar-refractivity contribution in [3.8, 4) is 11.1 Å². The number of aryl methyl sites for hydroxylation is 4. The van der Waals surface area contributed by atoms with E-state index in [0.29, 0.717) is 11.4 Å². The third kappa shape index (κ3) is 3.10. The van der Waals surface area contributed by atoms with E-state index in [0.717, 1.165) is 17.5 Å². The van der Waals surface area contributed by atoms with Gasteiger partial charge in [0.15, 0.2) is 0 Å². The van der Waals surface area contributed by atoms with Crippen molar-refractivity contribution in [1.29, 1.82) is 0 Å². The normalized spacial score (nSPS) is 12.7. The fourth-order valence-corrected chi connectivity index (χ4v) is 3.60. The van der Waals surface area contributed by atoms with Crippen molar-refractivity contribution in [3.05, 3.63) is 76.7 Å². The van der Waals surface area contributed by atoms with Crippen LogP contribution in [0.5, 0.6) is 0 Å². The molecule has 4 heteroatoms. The molecule has 1 aliphatic carbocycles. The van der Waals surface area contributed by atoms with E-state index < -0.39 is 0 Å². The van der Waals surface area contributed by atoms with Gasteiger partial charge in [0.2, 0.25) is 0 Å². The highest BCUT2D eigenvalue weighted by Gasteiger charge is 2.14. The lowest BCUT2D eigenvalue weighted by molar-refractivity contribution is 0.102. The van der Waals surface area contributed by atoms with Crippen molar-refractivity contribution in [2.75, 3.05) is 5.32 Å². The molecule has 130 valence electrons. The lowest BCUT2D eigenvalue weighted by Gasteiger charge is -2.11. The number of hydrogen-bond donors (Lipinski definition) is 1. The van der Waals surface area contributed by atoms with E-state index in [-0.39, 0.29) is 5.91 Å². The van der Waals surface area contributed by atoms with Gasteiger partial charge in [-0.1, -0.05) is 12.1 Å². The molecule has 1 aliphatic rings. The summed E-state index contributed by atoms with van der Waals surface area (Å²) in [6, 6.07) is 10.2. The molecule has 4 nitrogen and oxygen atoms in total. The lowest BCUT2D eigenvalue weighted by atomic mass is 9.96. The van der Waals surface area contributed by atoms with Crippen molar-refractivity contribution < 1.29 is 4.79 Å². The van der Waals surface area contributed by atoms with Crippen LogP contribution in [0.1, 0.15) is 39.0 Å². The Kier molecular flexibility index (Phi) is 4.25. The van der Waals surface area contributed by atoms with E-state index in [4.69, 9.17) is 0 Å². The number of rotatable bonds is 3. The third-order valence-corrected chi connectivity index (χ3v) is 5.02. The van der Waals surface area contributed by atoms with E-state index in [1.165, 1.54) is 35.1 Å². The van der Waals surface area contributed by atoms with Crippen molar-refractivity contribution >= 4 is 11.7 Å². The highest BCUT2D eigenvalue weighted by atomic mass is 16.1. The molecule has 0 saturated carbocycles. The average Bonchev–Trinajstić information content (AvgIpc) is 3.09. The topological polar surface area (TPSA) is 54.9 Å². The second-order valence-electron chi connectivity index (χ2n) is 6.87. The van der Waals surface area contributed by atoms with Gasteiger partial charge in [0, 0.05) is 29.7 Å². The molecule has 3 aromatic rings. The highest BCUT2D eigenvalue weighted by Crippen LogP contribution is 2.31. The van der Waals surface area contributed by atoms with Gasteiger partial charge < -0.3 is 5.32 Å². The van der Waals surface area contributed by atoms with E-state index in [1.807, 2.05) is 25.3 Å². The number of hydrogen-bond acceptors (Lipinski definition) is 3. The second-order valence-corrected chi connectivity index (χ2v) is 6.87. The number of carbonyl (C=O) groups is 1. The van der Waals surface area contributed by atoms with Crippen molar-refractivity contribution in [2.24, 2.45) is 0 Å². The molecule has 0 saturated heterocycles. The fraction of sp³-hybridized carbons (Fsp3) is 0.227. The van der Waals surface area contributed by atoms with Crippen LogP contribution in [0.15, 0.2) is 48.9 Å². The van der Waals surface area contributed by atoms with Gasteiger partial charge in [-0.2, -0.15) is 0 Å². The van der Waals surface area contributed by atoms with E-state index in [1.54, 1.807) is 18.5 Å². The maximum atomic E-state index is 12.4. The van der Waals surface area contributed by atoms with Crippen LogP contribution >= 0.6 is 0 Å². The number of pyridine rings is 2. The zero-order valence-corrected chi connectivity index (χ0v) is 15.0. The number of aromatic nitrogens is 2. The summed E-state index contributed by atoms with van der Waals surface area (Å²) in [7, 11) is 0. The quantitative estimate of drug-likeness (QED) is 0.762. The van der Waals surface area contributed by atoms with Gasteiger partial charge >= 0.3 is 0 Å². The summed E-state index contributed by atoms with van der Waals surface area (Å²) in [4.78, 5) is 20.8. The second kappa shape index (κ2) is 6.71. The van der Waals surface area contributed by atoms with E-state index in [9.17, 15) is 4.79 Å². The minimum atomic E-state index is -0.168. The maximum Gasteiger partial charge on any atom is 0.257 e. The summed E-state index contributed by atoms with van der Waals surface area (Å²) in [6.45, 7) is 4.02. The van der Waals surface area contributed by atoms with Crippen LogP contribution in [0.25, 0.3) is 11.1 Å². The van der Waals surface area contributed by atoms with Crippen molar-refractivity contribution in [2.45, 2.75) is 33.1 Å². The number of nitrogens with one attached hydrogen (secondary N) is 1. The zero-order chi connectivity index (χ0) is 18.1. The van der Waals surface area contributed by atoms with Crippen LogP contribution in [0.3, 0.4) is 0 Å². The molecule has 1 amide bonds. The molecule has 0 spiro atoms. The van der Waals surface area contributed by atoms with Crippen LogP contribution < -0.4 is 5.32 Å². The Labute approximate surface area is 153 Å². The first-order chi connectivity index (χ1) is 12.6. The molecule has 4 rings (SSSR count). The fourth-order valence-electron chi connectivity index (χ4n) is 3.60. The zero-order valence-electron chi connectivity index (χ0n) is 15.0. The van der Waals surface area contributed by atoms with Gasteiger partial charge in [-0.3, -0.25) is 9.78 Å². The summed E-state index contributed by atoms with van der Waals surface area (Å²) in [5.41, 5.74) is 7.97. The Hall–Kier alpha value is -3.01. The molecule has 0 fully saturated rings. The molecule has 0 atom stereocenters. The smallest absolute Gasteiger partial charge is 0.257 e. The Morgan fingerprint density at radius 1 is 1.00 bits per heavy atom. The predicted octanol–water partition coefficient (Wildman–Crippen LogP) is 4.50. The molecular formula is C22H21N3O. The minimum Gasteiger partial charge on any atom is -0.307 e. The summed E-state index contributed by atoms with van der Waals surface area (Å²) in [6.07, 6.45) is 8.73. The third-order valence-electron chi connectivity index (χ3n) is 5.02. The SMILES string of the molecule is Cc1cnccc1C(=O)Nc1ccc(-c2cc3c(cc2C)CCC3)cn1. The summed E-state index contributed by atoms with van der Waals surface area (Å²) in [5, 5.41) is 2.86. The first-order valence-electron chi connectivity index (χ1n) is 8.92. The van der Waals surface area contributed by atoms with E-state index in [2.05, 4.69) is 34.3 Å². The van der Waals surface area contributed by atoms with Gasteiger partial charge in [0.1, 0.15) is 5.82 Å². The number of benzene rings is 1. The Bertz CT molecular complexity index is 977. The highest BCUT2D eigenvalue weighted by molar-refractivity contribution is 6.04.